The van der Waals surface area contributed by atoms with Crippen LogP contribution in [0.5, 0.6) is 0 Å². The summed E-state index contributed by atoms with van der Waals surface area (Å²) in [4.78, 5) is -0.143. The maximum Gasteiger partial charge on any atom is 0.295 e. The van der Waals surface area contributed by atoms with E-state index in [9.17, 15) is 38.9 Å². The average molecular weight is 802 g/mol. The number of rotatable bonds is 9. The van der Waals surface area contributed by atoms with Crippen molar-refractivity contribution in [3.8, 4) is 0 Å². The van der Waals surface area contributed by atoms with Crippen molar-refractivity contribution in [3.05, 3.63) is 118 Å². The zero-order valence-corrected chi connectivity index (χ0v) is 33.6. The molecule has 0 aromatic heterocycles. The van der Waals surface area contributed by atoms with Crippen LogP contribution in [0.4, 0.5) is 17.1 Å². The second-order valence-electron chi connectivity index (χ2n) is 14.8. The molecule has 2 aliphatic heterocycles. The Labute approximate surface area is 321 Å². The standard InChI is InChI=1S/C41H40N2O9S3/c1-7-8-12-22-42-34-21-18-27(2)23-33(34)40(3,4)37(42)16-10-9-11-17-38-41(5,6)39-31-20-19-30(54(47,48)49)25-32(31)36(55(50,51)52)26-35(39)43(38)28-14-13-15-29(24-28)53(44,45)46/h13-16,18-21,23-26H,7-8,12,22H2,1-6H3,(H2-,44,45,46,47,48,49,50,51,52)/p+1. The molecule has 4 aromatic carbocycles. The van der Waals surface area contributed by atoms with Crippen LogP contribution in [0.25, 0.3) is 10.8 Å². The molecule has 0 unspecified atom stereocenters. The number of unbranched alkanes of at least 4 members (excludes halogenated alkanes) is 2. The van der Waals surface area contributed by atoms with Crippen LogP contribution in [-0.4, -0.2) is 55.7 Å². The topological polar surface area (TPSA) is 169 Å². The predicted octanol–water partition coefficient (Wildman–Crippen LogP) is 8.09. The molecular formula is C41H41N2O9S3+. The van der Waals surface area contributed by atoms with Gasteiger partial charge in [0, 0.05) is 34.5 Å². The van der Waals surface area contributed by atoms with Gasteiger partial charge in [-0.05, 0) is 112 Å². The largest absolute Gasteiger partial charge is 0.305 e. The zero-order chi connectivity index (χ0) is 40.3. The van der Waals surface area contributed by atoms with Gasteiger partial charge in [-0.15, -0.1) is 0 Å². The van der Waals surface area contributed by atoms with E-state index in [2.05, 4.69) is 73.4 Å². The van der Waals surface area contributed by atoms with E-state index in [1.54, 1.807) is 19.9 Å². The second-order valence-corrected chi connectivity index (χ2v) is 19.0. The first-order valence-electron chi connectivity index (χ1n) is 17.5. The van der Waals surface area contributed by atoms with Crippen molar-refractivity contribution in [1.29, 1.82) is 0 Å². The average Bonchev–Trinajstić information content (AvgIpc) is 3.44. The number of anilines is 2. The van der Waals surface area contributed by atoms with Crippen molar-refractivity contribution < 1.29 is 43.5 Å². The molecule has 0 radical (unpaired) electrons. The summed E-state index contributed by atoms with van der Waals surface area (Å²) in [7, 11) is -14.4. The Morgan fingerprint density at radius 1 is 0.764 bits per heavy atom. The molecule has 6 rings (SSSR count). The van der Waals surface area contributed by atoms with E-state index in [0.717, 1.165) is 61.0 Å². The van der Waals surface area contributed by atoms with Gasteiger partial charge in [0.25, 0.3) is 30.4 Å². The molecule has 0 bridgehead atoms. The number of fused-ring (bicyclic) bond motifs is 4. The number of aryl methyl sites for hydroxylation is 1. The van der Waals surface area contributed by atoms with Crippen LogP contribution in [0.3, 0.4) is 0 Å². The lowest BCUT2D eigenvalue weighted by molar-refractivity contribution is -0.438. The summed E-state index contributed by atoms with van der Waals surface area (Å²) in [6.07, 6.45) is 5.06. The SMILES string of the molecule is CCCCC[N+]1=C(C=C=C=C=C=C2N(c3cccc(S(=O)(=O)O)c3)c3cc(S(=O)(=O)O)c4cc(S(=O)(=O)O)ccc4c3C2(C)C)C(C)(C)c2cc(C)ccc21. The maximum atomic E-state index is 12.8. The Hall–Kier alpha value is -4.80. The third-order valence-corrected chi connectivity index (χ3v) is 12.8. The summed E-state index contributed by atoms with van der Waals surface area (Å²) in [6, 6.07) is 16.4. The maximum absolute atomic E-state index is 12.8. The van der Waals surface area contributed by atoms with Crippen molar-refractivity contribution >= 4 is 63.9 Å². The van der Waals surface area contributed by atoms with Crippen LogP contribution in [0.2, 0.25) is 0 Å². The first-order valence-corrected chi connectivity index (χ1v) is 21.8. The fraction of sp³-hybridized carbons (Fsp3) is 0.293. The quantitative estimate of drug-likeness (QED) is 0.0651. The van der Waals surface area contributed by atoms with Gasteiger partial charge in [0.15, 0.2) is 0 Å². The summed E-state index contributed by atoms with van der Waals surface area (Å²) < 4.78 is 106. The molecule has 0 amide bonds. The lowest BCUT2D eigenvalue weighted by Gasteiger charge is -2.25. The summed E-state index contributed by atoms with van der Waals surface area (Å²) in [5.74, 6) is 0. The van der Waals surface area contributed by atoms with Gasteiger partial charge in [0.2, 0.25) is 11.4 Å². The van der Waals surface area contributed by atoms with Crippen LogP contribution >= 0.6 is 0 Å². The Bertz CT molecular complexity index is 2860. The predicted molar refractivity (Wildman–Crippen MR) is 211 cm³/mol. The van der Waals surface area contributed by atoms with Gasteiger partial charge < -0.3 is 4.90 Å². The molecule has 0 saturated carbocycles. The lowest BCUT2D eigenvalue weighted by Crippen LogP contribution is -2.27. The Kier molecular flexibility index (Phi) is 10.2. The van der Waals surface area contributed by atoms with Crippen molar-refractivity contribution in [3.63, 3.8) is 0 Å². The van der Waals surface area contributed by atoms with Gasteiger partial charge in [-0.2, -0.15) is 29.8 Å². The Balaban J connectivity index is 1.64. The fourth-order valence-electron chi connectivity index (χ4n) is 7.59. The van der Waals surface area contributed by atoms with Gasteiger partial charge in [-0.25, -0.2) is 0 Å². The second kappa shape index (κ2) is 14.0. The first kappa shape index (κ1) is 39.9. The van der Waals surface area contributed by atoms with Crippen molar-refractivity contribution in [1.82, 2.24) is 0 Å². The Morgan fingerprint density at radius 2 is 1.45 bits per heavy atom. The highest BCUT2D eigenvalue weighted by Gasteiger charge is 2.45. The van der Waals surface area contributed by atoms with Crippen LogP contribution < -0.4 is 4.90 Å². The van der Waals surface area contributed by atoms with Gasteiger partial charge in [0.1, 0.15) is 11.4 Å². The minimum absolute atomic E-state index is 0.171. The molecule has 55 heavy (non-hydrogen) atoms. The number of benzene rings is 4. The van der Waals surface area contributed by atoms with Gasteiger partial charge in [0.05, 0.1) is 32.7 Å². The van der Waals surface area contributed by atoms with E-state index in [4.69, 9.17) is 0 Å². The fourth-order valence-corrected chi connectivity index (χ4v) is 9.32. The minimum atomic E-state index is -5.00. The smallest absolute Gasteiger partial charge is 0.295 e. The molecule has 4 aromatic rings. The van der Waals surface area contributed by atoms with E-state index < -0.39 is 50.5 Å². The summed E-state index contributed by atoms with van der Waals surface area (Å²) in [5.41, 5.74) is 16.5. The summed E-state index contributed by atoms with van der Waals surface area (Å²) >= 11 is 0. The minimum Gasteiger partial charge on any atom is -0.305 e. The molecule has 0 atom stereocenters. The highest BCUT2D eigenvalue weighted by atomic mass is 32.2. The third-order valence-electron chi connectivity index (χ3n) is 10.2. The molecule has 0 spiro atoms. The van der Waals surface area contributed by atoms with Crippen molar-refractivity contribution in [2.24, 2.45) is 0 Å². The molecule has 11 nitrogen and oxygen atoms in total. The van der Waals surface area contributed by atoms with Crippen LogP contribution in [-0.2, 0) is 41.2 Å². The summed E-state index contributed by atoms with van der Waals surface area (Å²) in [5, 5.41) is 0.0584. The molecule has 2 heterocycles. The van der Waals surface area contributed by atoms with Gasteiger partial charge in [-0.1, -0.05) is 42.8 Å². The normalized spacial score (nSPS) is 15.9. The highest BCUT2D eigenvalue weighted by Crippen LogP contribution is 2.55. The highest BCUT2D eigenvalue weighted by molar-refractivity contribution is 7.86. The summed E-state index contributed by atoms with van der Waals surface area (Å²) in [6.45, 7) is 13.0. The monoisotopic (exact) mass is 801 g/mol. The van der Waals surface area contributed by atoms with Crippen molar-refractivity contribution in [2.75, 3.05) is 11.4 Å². The first-order chi connectivity index (χ1) is 25.6. The third kappa shape index (κ3) is 7.34. The van der Waals surface area contributed by atoms with E-state index >= 15 is 0 Å². The number of nitrogens with zero attached hydrogens (tertiary/aromatic N) is 2. The number of hydrogen-bond acceptors (Lipinski definition) is 7. The molecule has 14 heteroatoms. The molecule has 0 aliphatic carbocycles. The van der Waals surface area contributed by atoms with Crippen molar-refractivity contribution in [2.45, 2.75) is 86.3 Å². The molecule has 0 fully saturated rings. The van der Waals surface area contributed by atoms with Crippen LogP contribution in [0, 0.1) is 6.92 Å². The molecular weight excluding hydrogens is 761 g/mol. The molecule has 2 aliphatic rings. The van der Waals surface area contributed by atoms with Crippen LogP contribution in [0.15, 0.2) is 116 Å². The lowest BCUT2D eigenvalue weighted by atomic mass is 9.81. The molecule has 286 valence electrons. The van der Waals surface area contributed by atoms with E-state index in [-0.39, 0.29) is 27.6 Å². The van der Waals surface area contributed by atoms with Gasteiger partial charge in [-0.3, -0.25) is 13.7 Å². The van der Waals surface area contributed by atoms with E-state index in [1.165, 1.54) is 34.7 Å². The van der Waals surface area contributed by atoms with Crippen LogP contribution in [0.1, 0.15) is 70.6 Å². The number of allylic oxidation sites excluding steroid dienone is 2. The number of hydrogen-bond donors (Lipinski definition) is 3. The van der Waals surface area contributed by atoms with Gasteiger partial charge >= 0.3 is 0 Å². The molecule has 0 saturated heterocycles. The molecule has 3 N–H and O–H groups in total. The Morgan fingerprint density at radius 3 is 2.11 bits per heavy atom. The van der Waals surface area contributed by atoms with E-state index in [0.29, 0.717) is 11.3 Å². The van der Waals surface area contributed by atoms with E-state index in [1.807, 2.05) is 6.08 Å². The zero-order valence-electron chi connectivity index (χ0n) is 31.2.